The predicted octanol–water partition coefficient (Wildman–Crippen LogP) is 2.06. The third-order valence-electron chi connectivity index (χ3n) is 1.43. The number of carbonyl (C=O) groups is 1. The number of pyridine rings is 1. The summed E-state index contributed by atoms with van der Waals surface area (Å²) < 4.78 is 17.3. The highest BCUT2D eigenvalue weighted by molar-refractivity contribution is 6.30. The molecule has 0 aliphatic rings. The highest BCUT2D eigenvalue weighted by Crippen LogP contribution is 2.13. The minimum absolute atomic E-state index is 0.142. The summed E-state index contributed by atoms with van der Waals surface area (Å²) in [5, 5.41) is 0.302. The fourth-order valence-corrected chi connectivity index (χ4v) is 0.947. The van der Waals surface area contributed by atoms with Gasteiger partial charge >= 0.3 is 5.97 Å². The molecular formula is C9H7ClFNO2. The van der Waals surface area contributed by atoms with E-state index in [1.54, 1.807) is 0 Å². The molecule has 0 aromatic carbocycles. The molecular weight excluding hydrogens is 209 g/mol. The Kier molecular flexibility index (Phi) is 3.59. The van der Waals surface area contributed by atoms with E-state index < -0.39 is 11.9 Å². The van der Waals surface area contributed by atoms with Crippen molar-refractivity contribution < 1.29 is 13.9 Å². The van der Waals surface area contributed by atoms with Crippen LogP contribution in [0.15, 0.2) is 18.3 Å². The van der Waals surface area contributed by atoms with Crippen LogP contribution in [0, 0.1) is 5.95 Å². The van der Waals surface area contributed by atoms with Gasteiger partial charge in [0.1, 0.15) is 0 Å². The molecule has 1 rings (SSSR count). The zero-order valence-corrected chi connectivity index (χ0v) is 8.08. The van der Waals surface area contributed by atoms with Gasteiger partial charge in [-0.2, -0.15) is 4.39 Å². The average Bonchev–Trinajstić information content (AvgIpc) is 2.19. The summed E-state index contributed by atoms with van der Waals surface area (Å²) in [4.78, 5) is 14.1. The monoisotopic (exact) mass is 215 g/mol. The van der Waals surface area contributed by atoms with E-state index in [9.17, 15) is 9.18 Å². The number of carbonyl (C=O) groups excluding carboxylic acids is 1. The fraction of sp³-hybridized carbons (Fsp3) is 0.111. The SMILES string of the molecule is COC(=O)C=Cc1cc(Cl)cnc1F. The van der Waals surface area contributed by atoms with Gasteiger partial charge in [0, 0.05) is 17.8 Å². The van der Waals surface area contributed by atoms with E-state index in [1.807, 2.05) is 0 Å². The summed E-state index contributed by atoms with van der Waals surface area (Å²) >= 11 is 5.59. The van der Waals surface area contributed by atoms with Gasteiger partial charge in [0.05, 0.1) is 12.1 Å². The summed E-state index contributed by atoms with van der Waals surface area (Å²) in [6, 6.07) is 1.36. The maximum Gasteiger partial charge on any atom is 0.330 e. The van der Waals surface area contributed by atoms with Crippen molar-refractivity contribution in [3.63, 3.8) is 0 Å². The number of ether oxygens (including phenoxy) is 1. The Morgan fingerprint density at radius 2 is 2.43 bits per heavy atom. The molecule has 0 saturated heterocycles. The highest BCUT2D eigenvalue weighted by atomic mass is 35.5. The van der Waals surface area contributed by atoms with Crippen molar-refractivity contribution in [1.82, 2.24) is 4.98 Å². The van der Waals surface area contributed by atoms with Gasteiger partial charge in [0.2, 0.25) is 5.95 Å². The normalized spacial score (nSPS) is 10.5. The van der Waals surface area contributed by atoms with Crippen molar-refractivity contribution in [3.8, 4) is 0 Å². The number of methoxy groups -OCH3 is 1. The highest BCUT2D eigenvalue weighted by Gasteiger charge is 2.01. The second kappa shape index (κ2) is 4.72. The fourth-order valence-electron chi connectivity index (χ4n) is 0.781. The first kappa shape index (κ1) is 10.7. The van der Waals surface area contributed by atoms with Crippen LogP contribution in [0.1, 0.15) is 5.56 Å². The number of halogens is 2. The Morgan fingerprint density at radius 3 is 3.07 bits per heavy atom. The Bertz CT molecular complexity index is 379. The minimum Gasteiger partial charge on any atom is -0.466 e. The van der Waals surface area contributed by atoms with Gasteiger partial charge in [-0.25, -0.2) is 9.78 Å². The van der Waals surface area contributed by atoms with Gasteiger partial charge in [-0.05, 0) is 12.1 Å². The minimum atomic E-state index is -0.686. The summed E-state index contributed by atoms with van der Waals surface area (Å²) in [6.45, 7) is 0. The maximum atomic E-state index is 13.0. The molecule has 3 nitrogen and oxygen atoms in total. The molecule has 0 unspecified atom stereocenters. The lowest BCUT2D eigenvalue weighted by Gasteiger charge is -1.96. The van der Waals surface area contributed by atoms with E-state index in [4.69, 9.17) is 11.6 Å². The van der Waals surface area contributed by atoms with Crippen LogP contribution < -0.4 is 0 Å². The molecule has 0 fully saturated rings. The van der Waals surface area contributed by atoms with E-state index >= 15 is 0 Å². The second-order valence-electron chi connectivity index (χ2n) is 2.39. The smallest absolute Gasteiger partial charge is 0.330 e. The zero-order valence-electron chi connectivity index (χ0n) is 7.33. The largest absolute Gasteiger partial charge is 0.466 e. The predicted molar refractivity (Wildman–Crippen MR) is 50.3 cm³/mol. The summed E-state index contributed by atoms with van der Waals surface area (Å²) in [5.41, 5.74) is 0.142. The number of esters is 1. The van der Waals surface area contributed by atoms with Gasteiger partial charge in [0.25, 0.3) is 0 Å². The second-order valence-corrected chi connectivity index (χ2v) is 2.83. The molecule has 1 aromatic rings. The maximum absolute atomic E-state index is 13.0. The molecule has 0 amide bonds. The molecule has 1 heterocycles. The number of hydrogen-bond donors (Lipinski definition) is 0. The van der Waals surface area contributed by atoms with Gasteiger partial charge < -0.3 is 4.74 Å². The first-order valence-electron chi connectivity index (χ1n) is 3.70. The number of rotatable bonds is 2. The molecule has 0 N–H and O–H groups in total. The molecule has 0 radical (unpaired) electrons. The number of hydrogen-bond acceptors (Lipinski definition) is 3. The van der Waals surface area contributed by atoms with Crippen molar-refractivity contribution in [2.75, 3.05) is 7.11 Å². The lowest BCUT2D eigenvalue weighted by molar-refractivity contribution is -0.134. The Labute approximate surface area is 85.2 Å². The lowest BCUT2D eigenvalue weighted by Crippen LogP contribution is -1.94. The van der Waals surface area contributed by atoms with Crippen LogP contribution in [0.2, 0.25) is 5.02 Å². The van der Waals surface area contributed by atoms with Gasteiger partial charge in [-0.15, -0.1) is 0 Å². The summed E-state index contributed by atoms with van der Waals surface area (Å²) in [7, 11) is 1.24. The molecule has 0 atom stereocenters. The van der Waals surface area contributed by atoms with Crippen LogP contribution in [0.4, 0.5) is 4.39 Å². The summed E-state index contributed by atoms with van der Waals surface area (Å²) in [6.07, 6.45) is 3.53. The van der Waals surface area contributed by atoms with Crippen molar-refractivity contribution in [1.29, 1.82) is 0 Å². The molecule has 0 spiro atoms. The van der Waals surface area contributed by atoms with E-state index in [1.165, 1.54) is 25.4 Å². The van der Waals surface area contributed by atoms with Gasteiger partial charge in [0.15, 0.2) is 0 Å². The van der Waals surface area contributed by atoms with Gasteiger partial charge in [-0.3, -0.25) is 0 Å². The third kappa shape index (κ3) is 2.81. The van der Waals surface area contributed by atoms with E-state index in [2.05, 4.69) is 9.72 Å². The Balaban J connectivity index is 2.90. The van der Waals surface area contributed by atoms with Crippen LogP contribution in [-0.2, 0) is 9.53 Å². The topological polar surface area (TPSA) is 39.2 Å². The van der Waals surface area contributed by atoms with Crippen molar-refractivity contribution in [2.45, 2.75) is 0 Å². The molecule has 1 aromatic heterocycles. The molecule has 14 heavy (non-hydrogen) atoms. The van der Waals surface area contributed by atoms with Crippen LogP contribution in [0.25, 0.3) is 6.08 Å². The van der Waals surface area contributed by atoms with Crippen molar-refractivity contribution in [3.05, 3.63) is 34.9 Å². The number of nitrogens with zero attached hydrogens (tertiary/aromatic N) is 1. The van der Waals surface area contributed by atoms with Crippen LogP contribution in [0.3, 0.4) is 0 Å². The molecule has 0 bridgehead atoms. The molecule has 74 valence electrons. The quantitative estimate of drug-likeness (QED) is 0.431. The zero-order chi connectivity index (χ0) is 10.6. The standard InChI is InChI=1S/C9H7ClFNO2/c1-14-8(13)3-2-6-4-7(10)5-12-9(6)11/h2-5H,1H3. The van der Waals surface area contributed by atoms with Crippen molar-refractivity contribution >= 4 is 23.6 Å². The van der Waals surface area contributed by atoms with Crippen LogP contribution >= 0.6 is 11.6 Å². The molecule has 0 saturated carbocycles. The third-order valence-corrected chi connectivity index (χ3v) is 1.64. The van der Waals surface area contributed by atoms with Crippen molar-refractivity contribution in [2.24, 2.45) is 0 Å². The van der Waals surface area contributed by atoms with Crippen LogP contribution in [-0.4, -0.2) is 18.1 Å². The van der Waals surface area contributed by atoms with E-state index in [0.29, 0.717) is 5.02 Å². The Morgan fingerprint density at radius 1 is 1.71 bits per heavy atom. The van der Waals surface area contributed by atoms with E-state index in [0.717, 1.165) is 6.08 Å². The lowest BCUT2D eigenvalue weighted by atomic mass is 10.2. The number of aromatic nitrogens is 1. The molecule has 0 aliphatic heterocycles. The Hall–Kier alpha value is -1.42. The van der Waals surface area contributed by atoms with Crippen LogP contribution in [0.5, 0.6) is 0 Å². The first-order valence-corrected chi connectivity index (χ1v) is 4.08. The van der Waals surface area contributed by atoms with Gasteiger partial charge in [-0.1, -0.05) is 11.6 Å². The van der Waals surface area contributed by atoms with E-state index in [-0.39, 0.29) is 5.56 Å². The first-order chi connectivity index (χ1) is 6.63. The average molecular weight is 216 g/mol. The molecule has 0 aliphatic carbocycles. The summed E-state index contributed by atoms with van der Waals surface area (Å²) in [5.74, 6) is -1.25. The molecule has 5 heteroatoms.